The standard InChI is InChI=1S/C25H29NO6S/c1-25(2,3)19-14-15-22(33(28,29)26-18-10-6-5-7-11-18)24(23(19)31-17-16-27)32-21-13-9-8-12-20(21)30-4/h5-15,26-27H,16-17H2,1-4H3. The third-order valence-corrected chi connectivity index (χ3v) is 6.22. The lowest BCUT2D eigenvalue weighted by molar-refractivity contribution is 0.194. The zero-order valence-corrected chi connectivity index (χ0v) is 20.0. The van der Waals surface area contributed by atoms with Gasteiger partial charge < -0.3 is 19.3 Å². The molecule has 3 rings (SSSR count). The van der Waals surface area contributed by atoms with Gasteiger partial charge in [0.1, 0.15) is 11.5 Å². The molecule has 0 radical (unpaired) electrons. The van der Waals surface area contributed by atoms with Gasteiger partial charge in [-0.25, -0.2) is 8.42 Å². The van der Waals surface area contributed by atoms with Crippen molar-refractivity contribution >= 4 is 15.7 Å². The van der Waals surface area contributed by atoms with Gasteiger partial charge in [0.05, 0.1) is 13.7 Å². The second-order valence-corrected chi connectivity index (χ2v) is 9.97. The first-order chi connectivity index (χ1) is 15.7. The van der Waals surface area contributed by atoms with Crippen LogP contribution in [0.3, 0.4) is 0 Å². The molecule has 2 N–H and O–H groups in total. The molecule has 0 saturated carbocycles. The fourth-order valence-corrected chi connectivity index (χ4v) is 4.45. The summed E-state index contributed by atoms with van der Waals surface area (Å²) < 4.78 is 46.9. The van der Waals surface area contributed by atoms with Crippen LogP contribution in [0.15, 0.2) is 71.6 Å². The Kier molecular flexibility index (Phi) is 7.50. The average molecular weight is 472 g/mol. The van der Waals surface area contributed by atoms with E-state index in [1.165, 1.54) is 13.2 Å². The fourth-order valence-electron chi connectivity index (χ4n) is 3.26. The second kappa shape index (κ2) is 10.1. The number of benzene rings is 3. The van der Waals surface area contributed by atoms with E-state index in [9.17, 15) is 13.5 Å². The lowest BCUT2D eigenvalue weighted by Crippen LogP contribution is -2.19. The van der Waals surface area contributed by atoms with E-state index in [1.807, 2.05) is 20.8 Å². The highest BCUT2D eigenvalue weighted by Gasteiger charge is 2.30. The Labute approximate surface area is 195 Å². The molecular formula is C25H29NO6S. The molecule has 0 aliphatic rings. The predicted octanol–water partition coefficient (Wildman–Crippen LogP) is 4.96. The lowest BCUT2D eigenvalue weighted by atomic mass is 9.86. The van der Waals surface area contributed by atoms with Crippen molar-refractivity contribution < 1.29 is 27.7 Å². The third-order valence-electron chi connectivity index (χ3n) is 4.82. The maximum atomic E-state index is 13.4. The summed E-state index contributed by atoms with van der Waals surface area (Å²) in [4.78, 5) is -0.0989. The Balaban J connectivity index is 2.23. The van der Waals surface area contributed by atoms with Gasteiger partial charge in [0.2, 0.25) is 0 Å². The molecule has 0 atom stereocenters. The minimum absolute atomic E-state index is 0.0174. The van der Waals surface area contributed by atoms with Crippen LogP contribution in [0.4, 0.5) is 5.69 Å². The Morgan fingerprint density at radius 3 is 2.12 bits per heavy atom. The average Bonchev–Trinajstić information content (AvgIpc) is 2.77. The van der Waals surface area contributed by atoms with Gasteiger partial charge in [-0.1, -0.05) is 57.2 Å². The molecule has 7 nitrogen and oxygen atoms in total. The van der Waals surface area contributed by atoms with E-state index in [1.54, 1.807) is 60.7 Å². The summed E-state index contributed by atoms with van der Waals surface area (Å²) in [6.07, 6.45) is 0. The summed E-state index contributed by atoms with van der Waals surface area (Å²) in [6.45, 7) is 5.68. The molecule has 0 amide bonds. The van der Waals surface area contributed by atoms with Crippen molar-refractivity contribution in [1.29, 1.82) is 0 Å². The van der Waals surface area contributed by atoms with Crippen molar-refractivity contribution in [3.05, 3.63) is 72.3 Å². The summed E-state index contributed by atoms with van der Waals surface area (Å²) in [5.74, 6) is 1.03. The van der Waals surface area contributed by atoms with E-state index in [0.717, 1.165) is 5.56 Å². The van der Waals surface area contributed by atoms with Gasteiger partial charge >= 0.3 is 0 Å². The molecule has 0 aliphatic carbocycles. The van der Waals surface area contributed by atoms with Gasteiger partial charge in [0, 0.05) is 11.3 Å². The van der Waals surface area contributed by atoms with E-state index in [-0.39, 0.29) is 29.6 Å². The minimum atomic E-state index is -4.05. The van der Waals surface area contributed by atoms with Crippen LogP contribution in [0.25, 0.3) is 0 Å². The van der Waals surface area contributed by atoms with Gasteiger partial charge in [0.25, 0.3) is 10.0 Å². The van der Waals surface area contributed by atoms with Crippen molar-refractivity contribution in [1.82, 2.24) is 0 Å². The van der Waals surface area contributed by atoms with Crippen LogP contribution in [0.1, 0.15) is 26.3 Å². The summed E-state index contributed by atoms with van der Waals surface area (Å²) in [5, 5.41) is 9.39. The molecule has 0 aliphatic heterocycles. The zero-order chi connectivity index (χ0) is 24.1. The number of para-hydroxylation sites is 3. The number of methoxy groups -OCH3 is 1. The van der Waals surface area contributed by atoms with Crippen LogP contribution in [0, 0.1) is 0 Å². The van der Waals surface area contributed by atoms with Crippen molar-refractivity contribution in [2.75, 3.05) is 25.0 Å². The van der Waals surface area contributed by atoms with E-state index in [4.69, 9.17) is 14.2 Å². The lowest BCUT2D eigenvalue weighted by Gasteiger charge is -2.26. The minimum Gasteiger partial charge on any atom is -0.493 e. The third kappa shape index (κ3) is 5.77. The smallest absolute Gasteiger partial charge is 0.265 e. The van der Waals surface area contributed by atoms with Crippen LogP contribution in [-0.4, -0.2) is 33.8 Å². The zero-order valence-electron chi connectivity index (χ0n) is 19.2. The van der Waals surface area contributed by atoms with E-state index < -0.39 is 15.4 Å². The van der Waals surface area contributed by atoms with E-state index in [2.05, 4.69) is 4.72 Å². The molecule has 0 fully saturated rings. The maximum Gasteiger partial charge on any atom is 0.265 e. The Hall–Kier alpha value is -3.23. The number of aliphatic hydroxyl groups excluding tert-OH is 1. The number of sulfonamides is 1. The van der Waals surface area contributed by atoms with Crippen LogP contribution in [-0.2, 0) is 15.4 Å². The number of anilines is 1. The van der Waals surface area contributed by atoms with Crippen LogP contribution in [0.5, 0.6) is 23.0 Å². The van der Waals surface area contributed by atoms with Crippen molar-refractivity contribution in [2.45, 2.75) is 31.1 Å². The first kappa shape index (κ1) is 24.4. The van der Waals surface area contributed by atoms with Crippen molar-refractivity contribution in [2.24, 2.45) is 0 Å². The van der Waals surface area contributed by atoms with Gasteiger partial charge in [-0.3, -0.25) is 4.72 Å². The highest BCUT2D eigenvalue weighted by Crippen LogP contribution is 2.46. The molecule has 176 valence electrons. The van der Waals surface area contributed by atoms with Crippen LogP contribution >= 0.6 is 0 Å². The fraction of sp³-hybridized carbons (Fsp3) is 0.280. The van der Waals surface area contributed by atoms with Crippen LogP contribution < -0.4 is 18.9 Å². The number of hydrogen-bond acceptors (Lipinski definition) is 6. The molecule has 0 heterocycles. The number of aliphatic hydroxyl groups is 1. The highest BCUT2D eigenvalue weighted by molar-refractivity contribution is 7.92. The number of hydrogen-bond donors (Lipinski definition) is 2. The van der Waals surface area contributed by atoms with Gasteiger partial charge in [-0.05, 0) is 35.7 Å². The molecule has 0 spiro atoms. The topological polar surface area (TPSA) is 94.1 Å². The molecule has 3 aromatic carbocycles. The van der Waals surface area contributed by atoms with E-state index in [0.29, 0.717) is 17.2 Å². The molecule has 33 heavy (non-hydrogen) atoms. The first-order valence-corrected chi connectivity index (χ1v) is 12.0. The molecule has 0 unspecified atom stereocenters. The quantitative estimate of drug-likeness (QED) is 0.458. The Morgan fingerprint density at radius 1 is 0.879 bits per heavy atom. The molecule has 0 aromatic heterocycles. The number of ether oxygens (including phenoxy) is 3. The Morgan fingerprint density at radius 2 is 1.52 bits per heavy atom. The number of nitrogens with one attached hydrogen (secondary N) is 1. The van der Waals surface area contributed by atoms with Crippen LogP contribution in [0.2, 0.25) is 0 Å². The normalized spacial score (nSPS) is 11.7. The Bertz CT molecular complexity index is 1190. The van der Waals surface area contributed by atoms with Crippen molar-refractivity contribution in [3.63, 3.8) is 0 Å². The van der Waals surface area contributed by atoms with Gasteiger partial charge in [-0.2, -0.15) is 0 Å². The van der Waals surface area contributed by atoms with E-state index >= 15 is 0 Å². The second-order valence-electron chi connectivity index (χ2n) is 8.32. The largest absolute Gasteiger partial charge is 0.493 e. The predicted molar refractivity (Wildman–Crippen MR) is 128 cm³/mol. The summed E-state index contributed by atoms with van der Waals surface area (Å²) >= 11 is 0. The molecule has 0 bridgehead atoms. The molecule has 3 aromatic rings. The highest BCUT2D eigenvalue weighted by atomic mass is 32.2. The monoisotopic (exact) mass is 471 g/mol. The van der Waals surface area contributed by atoms with Crippen molar-refractivity contribution in [3.8, 4) is 23.0 Å². The maximum absolute atomic E-state index is 13.4. The number of rotatable bonds is 9. The molecular weight excluding hydrogens is 442 g/mol. The summed E-state index contributed by atoms with van der Waals surface area (Å²) in [6, 6.07) is 18.7. The van der Waals surface area contributed by atoms with Gasteiger partial charge in [-0.15, -0.1) is 0 Å². The first-order valence-electron chi connectivity index (χ1n) is 10.5. The van der Waals surface area contributed by atoms with Gasteiger partial charge in [0.15, 0.2) is 23.0 Å². The SMILES string of the molecule is COc1ccccc1Oc1c(S(=O)(=O)Nc2ccccc2)ccc(C(C)(C)C)c1OCCO. The summed E-state index contributed by atoms with van der Waals surface area (Å²) in [7, 11) is -2.55. The molecule has 0 saturated heterocycles. The molecule has 8 heteroatoms. The summed E-state index contributed by atoms with van der Waals surface area (Å²) in [5.41, 5.74) is 0.761.